The zero-order chi connectivity index (χ0) is 22.4. The number of aryl methyl sites for hydroxylation is 1. The van der Waals surface area contributed by atoms with Crippen LogP contribution >= 0.6 is 35.0 Å². The third-order valence-corrected chi connectivity index (χ3v) is 6.06. The summed E-state index contributed by atoms with van der Waals surface area (Å²) in [7, 11) is 0. The molecule has 1 N–H and O–H groups in total. The number of carbonyl (C=O) groups excluding carboxylic acids is 1. The number of ether oxygens (including phenoxy) is 1. The number of hydrogen-bond donors (Lipinski definition) is 1. The summed E-state index contributed by atoms with van der Waals surface area (Å²) < 4.78 is 7.98. The van der Waals surface area contributed by atoms with Gasteiger partial charge in [-0.25, -0.2) is 0 Å². The van der Waals surface area contributed by atoms with Crippen molar-refractivity contribution in [3.05, 3.63) is 76.6 Å². The Kier molecular flexibility index (Phi) is 8.01. The molecule has 1 heterocycles. The maximum absolute atomic E-state index is 12.4. The number of aromatic nitrogens is 3. The molecule has 0 aliphatic heterocycles. The molecule has 1 atom stereocenters. The monoisotopic (exact) mass is 476 g/mol. The summed E-state index contributed by atoms with van der Waals surface area (Å²) in [6.07, 6.45) is 1.43. The fraction of sp³-hybridized carbons (Fsp3) is 0.227. The molecule has 31 heavy (non-hydrogen) atoms. The van der Waals surface area contributed by atoms with E-state index < -0.39 is 0 Å². The Morgan fingerprint density at radius 2 is 2.03 bits per heavy atom. The highest BCUT2D eigenvalue weighted by Crippen LogP contribution is 2.27. The van der Waals surface area contributed by atoms with Crippen LogP contribution < -0.4 is 10.1 Å². The first-order valence-corrected chi connectivity index (χ1v) is 11.3. The number of nitrogens with zero attached hydrogens (tertiary/aromatic N) is 3. The average Bonchev–Trinajstić information content (AvgIpc) is 3.14. The number of para-hydroxylation sites is 1. The van der Waals surface area contributed by atoms with Crippen molar-refractivity contribution in [3.63, 3.8) is 0 Å². The normalized spacial score (nSPS) is 11.7. The summed E-state index contributed by atoms with van der Waals surface area (Å²) in [4.78, 5) is 12.4. The molecule has 0 radical (unpaired) electrons. The van der Waals surface area contributed by atoms with Gasteiger partial charge in [-0.2, -0.15) is 0 Å². The van der Waals surface area contributed by atoms with E-state index in [9.17, 15) is 4.79 Å². The molecule has 0 fully saturated rings. The minimum atomic E-state index is -0.326. The number of halogens is 2. The van der Waals surface area contributed by atoms with E-state index in [1.165, 1.54) is 11.8 Å². The maximum atomic E-state index is 12.4. The van der Waals surface area contributed by atoms with E-state index in [1.54, 1.807) is 24.3 Å². The molecular formula is C22H22Cl2N4O2S. The molecular weight excluding hydrogens is 455 g/mol. The second-order valence-corrected chi connectivity index (χ2v) is 8.49. The Morgan fingerprint density at radius 3 is 2.74 bits per heavy atom. The fourth-order valence-electron chi connectivity index (χ4n) is 2.84. The highest BCUT2D eigenvalue weighted by atomic mass is 35.5. The van der Waals surface area contributed by atoms with E-state index in [4.69, 9.17) is 27.9 Å². The van der Waals surface area contributed by atoms with Crippen molar-refractivity contribution in [2.45, 2.75) is 31.7 Å². The Balaban J connectivity index is 1.68. The Morgan fingerprint density at radius 1 is 1.26 bits per heavy atom. The van der Waals surface area contributed by atoms with Crippen LogP contribution in [0.2, 0.25) is 10.0 Å². The van der Waals surface area contributed by atoms with Crippen LogP contribution in [0.1, 0.15) is 24.4 Å². The molecule has 0 bridgehead atoms. The Hall–Kier alpha value is -2.48. The molecule has 162 valence electrons. The number of nitrogens with one attached hydrogen (secondary N) is 1. The molecule has 6 nitrogen and oxygen atoms in total. The first-order valence-electron chi connectivity index (χ1n) is 9.53. The molecule has 1 unspecified atom stereocenters. The zero-order valence-corrected chi connectivity index (χ0v) is 19.5. The summed E-state index contributed by atoms with van der Waals surface area (Å²) in [6, 6.07) is 12.7. The van der Waals surface area contributed by atoms with E-state index in [-0.39, 0.29) is 17.8 Å². The highest BCUT2D eigenvalue weighted by molar-refractivity contribution is 7.99. The molecule has 0 saturated carbocycles. The standard InChI is InChI=1S/C22H22Cl2N4O2S/c1-4-11-28-21(15(3)30-19-8-6-5-7-14(19)2)26-27-22(28)31-13-20(29)25-16-9-10-17(23)18(24)12-16/h4-10,12,15H,1,11,13H2,2-3H3,(H,25,29). The number of allylic oxidation sites excluding steroid dienone is 1. The molecule has 2 aromatic carbocycles. The quantitative estimate of drug-likeness (QED) is 0.305. The van der Waals surface area contributed by atoms with Gasteiger partial charge in [0.05, 0.1) is 15.8 Å². The van der Waals surface area contributed by atoms with E-state index in [1.807, 2.05) is 42.7 Å². The lowest BCUT2D eigenvalue weighted by molar-refractivity contribution is -0.113. The molecule has 3 rings (SSSR count). The minimum Gasteiger partial charge on any atom is -0.482 e. The number of rotatable bonds is 9. The van der Waals surface area contributed by atoms with Gasteiger partial charge in [0.1, 0.15) is 5.75 Å². The highest BCUT2D eigenvalue weighted by Gasteiger charge is 2.20. The second kappa shape index (κ2) is 10.7. The predicted octanol–water partition coefficient (Wildman–Crippen LogP) is 5.95. The summed E-state index contributed by atoms with van der Waals surface area (Å²) >= 11 is 13.2. The summed E-state index contributed by atoms with van der Waals surface area (Å²) in [5.74, 6) is 1.42. The van der Waals surface area contributed by atoms with Crippen molar-refractivity contribution in [3.8, 4) is 5.75 Å². The van der Waals surface area contributed by atoms with Crippen LogP contribution in [0.5, 0.6) is 5.75 Å². The van der Waals surface area contributed by atoms with Crippen molar-refractivity contribution in [1.82, 2.24) is 14.8 Å². The summed E-state index contributed by atoms with van der Waals surface area (Å²) in [5.41, 5.74) is 1.62. The van der Waals surface area contributed by atoms with Gasteiger partial charge in [0.2, 0.25) is 5.91 Å². The molecule has 0 saturated heterocycles. The van der Waals surface area contributed by atoms with Crippen molar-refractivity contribution >= 4 is 46.6 Å². The van der Waals surface area contributed by atoms with Crippen LogP contribution in [0, 0.1) is 6.92 Å². The Bertz CT molecular complexity index is 1090. The van der Waals surface area contributed by atoms with Gasteiger partial charge in [-0.15, -0.1) is 16.8 Å². The van der Waals surface area contributed by atoms with E-state index in [2.05, 4.69) is 22.1 Å². The van der Waals surface area contributed by atoms with Crippen LogP contribution in [0.3, 0.4) is 0 Å². The zero-order valence-electron chi connectivity index (χ0n) is 17.1. The first kappa shape index (κ1) is 23.2. The van der Waals surface area contributed by atoms with Gasteiger partial charge >= 0.3 is 0 Å². The lowest BCUT2D eigenvalue weighted by Crippen LogP contribution is -2.15. The average molecular weight is 477 g/mol. The number of benzene rings is 2. The minimum absolute atomic E-state index is 0.155. The number of thioether (sulfide) groups is 1. The molecule has 3 aromatic rings. The van der Waals surface area contributed by atoms with Crippen LogP contribution in [-0.2, 0) is 11.3 Å². The van der Waals surface area contributed by atoms with Crippen LogP contribution in [0.25, 0.3) is 0 Å². The molecule has 0 aliphatic rings. The van der Waals surface area contributed by atoms with E-state index >= 15 is 0 Å². The maximum Gasteiger partial charge on any atom is 0.234 e. The molecule has 0 aliphatic carbocycles. The topological polar surface area (TPSA) is 69.0 Å². The van der Waals surface area contributed by atoms with Crippen molar-refractivity contribution in [1.29, 1.82) is 0 Å². The van der Waals surface area contributed by atoms with Crippen molar-refractivity contribution in [2.24, 2.45) is 0 Å². The van der Waals surface area contributed by atoms with Crippen molar-refractivity contribution < 1.29 is 9.53 Å². The third-order valence-electron chi connectivity index (χ3n) is 4.35. The number of hydrogen-bond acceptors (Lipinski definition) is 5. The van der Waals surface area contributed by atoms with Crippen LogP contribution in [0.15, 0.2) is 60.3 Å². The first-order chi connectivity index (χ1) is 14.9. The lowest BCUT2D eigenvalue weighted by Gasteiger charge is -2.17. The van der Waals surface area contributed by atoms with Gasteiger partial charge in [-0.05, 0) is 43.7 Å². The fourth-order valence-corrected chi connectivity index (χ4v) is 3.89. The smallest absolute Gasteiger partial charge is 0.234 e. The third kappa shape index (κ3) is 6.03. The van der Waals surface area contributed by atoms with Crippen LogP contribution in [0.4, 0.5) is 5.69 Å². The van der Waals surface area contributed by atoms with Gasteiger partial charge in [0.15, 0.2) is 17.1 Å². The van der Waals surface area contributed by atoms with Gasteiger partial charge < -0.3 is 10.1 Å². The molecule has 9 heteroatoms. The van der Waals surface area contributed by atoms with Gasteiger partial charge in [0.25, 0.3) is 0 Å². The van der Waals surface area contributed by atoms with Gasteiger partial charge in [-0.3, -0.25) is 9.36 Å². The SMILES string of the molecule is C=CCn1c(SCC(=O)Nc2ccc(Cl)c(Cl)c2)nnc1C(C)Oc1ccccc1C. The predicted molar refractivity (Wildman–Crippen MR) is 126 cm³/mol. The molecule has 1 aromatic heterocycles. The summed E-state index contributed by atoms with van der Waals surface area (Å²) in [5, 5.41) is 12.8. The van der Waals surface area contributed by atoms with E-state index in [0.717, 1.165) is 11.3 Å². The second-order valence-electron chi connectivity index (χ2n) is 6.73. The van der Waals surface area contributed by atoms with Crippen molar-refractivity contribution in [2.75, 3.05) is 11.1 Å². The Labute approximate surface area is 195 Å². The number of anilines is 1. The molecule has 1 amide bonds. The van der Waals surface area contributed by atoms with E-state index in [0.29, 0.717) is 33.3 Å². The molecule has 0 spiro atoms. The largest absolute Gasteiger partial charge is 0.482 e. The van der Waals surface area contributed by atoms with Gasteiger partial charge in [0, 0.05) is 12.2 Å². The van der Waals surface area contributed by atoms with Gasteiger partial charge in [-0.1, -0.05) is 59.2 Å². The number of amides is 1. The number of carbonyl (C=O) groups is 1. The lowest BCUT2D eigenvalue weighted by atomic mass is 10.2. The van der Waals surface area contributed by atoms with Crippen LogP contribution in [-0.4, -0.2) is 26.4 Å². The summed E-state index contributed by atoms with van der Waals surface area (Å²) in [6.45, 7) is 8.22.